The highest BCUT2D eigenvalue weighted by molar-refractivity contribution is 6.30. The highest BCUT2D eigenvalue weighted by Gasteiger charge is 2.41. The molecule has 2 atom stereocenters. The molecule has 29 heavy (non-hydrogen) atoms. The van der Waals surface area contributed by atoms with Crippen LogP contribution >= 0.6 is 11.6 Å². The first-order valence-electron chi connectivity index (χ1n) is 11.0. The molecule has 1 aromatic carbocycles. The van der Waals surface area contributed by atoms with Crippen LogP contribution in [0.4, 0.5) is 0 Å². The van der Waals surface area contributed by atoms with Gasteiger partial charge in [0.2, 0.25) is 5.91 Å². The maximum atomic E-state index is 13.1. The van der Waals surface area contributed by atoms with Crippen molar-refractivity contribution >= 4 is 17.5 Å². The molecule has 0 saturated carbocycles. The van der Waals surface area contributed by atoms with Crippen molar-refractivity contribution in [3.63, 3.8) is 0 Å². The lowest BCUT2D eigenvalue weighted by Gasteiger charge is -2.43. The van der Waals surface area contributed by atoms with Crippen molar-refractivity contribution in [2.24, 2.45) is 5.92 Å². The molecular formula is C23H35ClN2O3. The molecule has 0 unspecified atom stereocenters. The van der Waals surface area contributed by atoms with E-state index < -0.39 is 5.60 Å². The highest BCUT2D eigenvalue weighted by atomic mass is 35.5. The topological polar surface area (TPSA) is 42.0 Å². The van der Waals surface area contributed by atoms with Crippen molar-refractivity contribution in [3.8, 4) is 5.75 Å². The van der Waals surface area contributed by atoms with Crippen molar-refractivity contribution in [1.82, 2.24) is 9.80 Å². The summed E-state index contributed by atoms with van der Waals surface area (Å²) in [6.07, 6.45) is 4.94. The van der Waals surface area contributed by atoms with E-state index in [1.165, 1.54) is 6.42 Å². The number of carbonyl (C=O) groups is 1. The van der Waals surface area contributed by atoms with Crippen LogP contribution in [-0.2, 0) is 9.53 Å². The van der Waals surface area contributed by atoms with Crippen LogP contribution in [0.5, 0.6) is 5.75 Å². The lowest BCUT2D eigenvalue weighted by atomic mass is 9.95. The molecule has 2 aliphatic rings. The first-order valence-corrected chi connectivity index (χ1v) is 11.4. The maximum absolute atomic E-state index is 13.1. The standard InChI is InChI=1S/C23H35ClN2O3/c1-3-19(2)16-25-13-14-29-23(17-25,15-22(27)26-11-5-4-6-12-26)18-28-21-9-7-20(24)8-10-21/h7-10,19H,3-6,11-18H2,1-2H3/t19-,23-/m1/s1. The van der Waals surface area contributed by atoms with Gasteiger partial charge in [0.1, 0.15) is 18.0 Å². The molecule has 0 bridgehead atoms. The molecule has 162 valence electrons. The largest absolute Gasteiger partial charge is 0.491 e. The van der Waals surface area contributed by atoms with Gasteiger partial charge in [0.25, 0.3) is 0 Å². The highest BCUT2D eigenvalue weighted by Crippen LogP contribution is 2.27. The zero-order chi connectivity index (χ0) is 20.7. The Bertz CT molecular complexity index is 648. The number of hydrogen-bond donors (Lipinski definition) is 0. The van der Waals surface area contributed by atoms with Gasteiger partial charge >= 0.3 is 0 Å². The number of carbonyl (C=O) groups excluding carboxylic acids is 1. The number of piperidine rings is 1. The number of likely N-dealkylation sites (tertiary alicyclic amines) is 1. The van der Waals surface area contributed by atoms with Crippen LogP contribution in [0.3, 0.4) is 0 Å². The minimum Gasteiger partial charge on any atom is -0.491 e. The molecule has 0 N–H and O–H groups in total. The van der Waals surface area contributed by atoms with Crippen molar-refractivity contribution in [3.05, 3.63) is 29.3 Å². The normalized spacial score (nSPS) is 24.3. The van der Waals surface area contributed by atoms with Crippen molar-refractivity contribution < 1.29 is 14.3 Å². The third kappa shape index (κ3) is 6.59. The van der Waals surface area contributed by atoms with Crippen LogP contribution < -0.4 is 4.74 Å². The van der Waals surface area contributed by atoms with Gasteiger partial charge in [-0.05, 0) is 49.4 Å². The fourth-order valence-electron chi connectivity index (χ4n) is 4.17. The number of morpholine rings is 1. The molecule has 1 aromatic rings. The summed E-state index contributed by atoms with van der Waals surface area (Å²) >= 11 is 5.99. The SMILES string of the molecule is CC[C@@H](C)CN1CCO[C@](COc2ccc(Cl)cc2)(CC(=O)N2CCCCC2)C1. The second kappa shape index (κ2) is 10.6. The van der Waals surface area contributed by atoms with Crippen LogP contribution in [0.2, 0.25) is 5.02 Å². The fourth-order valence-corrected chi connectivity index (χ4v) is 4.30. The second-order valence-electron chi connectivity index (χ2n) is 8.64. The number of rotatable bonds is 8. The molecule has 0 aromatic heterocycles. The molecule has 1 amide bonds. The minimum absolute atomic E-state index is 0.190. The van der Waals surface area contributed by atoms with Crippen molar-refractivity contribution in [1.29, 1.82) is 0 Å². The molecule has 2 fully saturated rings. The Morgan fingerprint density at radius 1 is 1.21 bits per heavy atom. The van der Waals surface area contributed by atoms with E-state index >= 15 is 0 Å². The molecule has 0 radical (unpaired) electrons. The third-order valence-electron chi connectivity index (χ3n) is 6.09. The quantitative estimate of drug-likeness (QED) is 0.628. The number of nitrogens with zero attached hydrogens (tertiary/aromatic N) is 2. The molecule has 6 heteroatoms. The fraction of sp³-hybridized carbons (Fsp3) is 0.696. The van der Waals surface area contributed by atoms with Gasteiger partial charge in [0.05, 0.1) is 13.0 Å². The summed E-state index contributed by atoms with van der Waals surface area (Å²) in [6, 6.07) is 7.36. The number of halogens is 1. The monoisotopic (exact) mass is 422 g/mol. The van der Waals surface area contributed by atoms with E-state index in [4.69, 9.17) is 21.1 Å². The summed E-state index contributed by atoms with van der Waals surface area (Å²) in [5.41, 5.74) is -0.611. The van der Waals surface area contributed by atoms with Gasteiger partial charge in [-0.25, -0.2) is 0 Å². The Morgan fingerprint density at radius 2 is 1.93 bits per heavy atom. The molecule has 2 heterocycles. The number of ether oxygens (including phenoxy) is 2. The Balaban J connectivity index is 1.70. The first-order chi connectivity index (χ1) is 14.0. The second-order valence-corrected chi connectivity index (χ2v) is 9.08. The Morgan fingerprint density at radius 3 is 2.62 bits per heavy atom. The summed E-state index contributed by atoms with van der Waals surface area (Å²) < 4.78 is 12.4. The van der Waals surface area contributed by atoms with Crippen LogP contribution in [0.25, 0.3) is 0 Å². The Hall–Kier alpha value is -1.30. The molecular weight excluding hydrogens is 388 g/mol. The number of hydrogen-bond acceptors (Lipinski definition) is 4. The molecule has 3 rings (SSSR count). The summed E-state index contributed by atoms with van der Waals surface area (Å²) in [4.78, 5) is 17.5. The Labute approximate surface area is 180 Å². The van der Waals surface area contributed by atoms with Gasteiger partial charge < -0.3 is 14.4 Å². The van der Waals surface area contributed by atoms with E-state index in [1.807, 2.05) is 29.2 Å². The smallest absolute Gasteiger partial charge is 0.225 e. The summed E-state index contributed by atoms with van der Waals surface area (Å²) in [5, 5.41) is 0.681. The van der Waals surface area contributed by atoms with Gasteiger partial charge in [-0.1, -0.05) is 31.9 Å². The Kier molecular flexibility index (Phi) is 8.22. The van der Waals surface area contributed by atoms with Crippen molar-refractivity contribution in [2.75, 3.05) is 45.9 Å². The van der Waals surface area contributed by atoms with E-state index in [0.717, 1.165) is 57.7 Å². The van der Waals surface area contributed by atoms with Gasteiger partial charge in [0.15, 0.2) is 0 Å². The maximum Gasteiger partial charge on any atom is 0.225 e. The lowest BCUT2D eigenvalue weighted by Crippen LogP contribution is -2.57. The van der Waals surface area contributed by atoms with Crippen molar-refractivity contribution in [2.45, 2.75) is 51.6 Å². The first kappa shape index (κ1) is 22.4. The zero-order valence-electron chi connectivity index (χ0n) is 17.9. The third-order valence-corrected chi connectivity index (χ3v) is 6.34. The molecule has 0 aliphatic carbocycles. The van der Waals surface area contributed by atoms with Crippen LogP contribution in [0.15, 0.2) is 24.3 Å². The average molecular weight is 423 g/mol. The van der Waals surface area contributed by atoms with E-state index in [1.54, 1.807) is 0 Å². The van der Waals surface area contributed by atoms with E-state index in [0.29, 0.717) is 30.6 Å². The van der Waals surface area contributed by atoms with E-state index in [2.05, 4.69) is 18.7 Å². The molecule has 5 nitrogen and oxygen atoms in total. The zero-order valence-corrected chi connectivity index (χ0v) is 18.6. The number of amides is 1. The van der Waals surface area contributed by atoms with Gasteiger partial charge in [0, 0.05) is 37.7 Å². The van der Waals surface area contributed by atoms with Gasteiger partial charge in [-0.2, -0.15) is 0 Å². The summed E-state index contributed by atoms with van der Waals surface area (Å²) in [5.74, 6) is 1.57. The lowest BCUT2D eigenvalue weighted by molar-refractivity contribution is -0.157. The van der Waals surface area contributed by atoms with Crippen LogP contribution in [0.1, 0.15) is 46.0 Å². The number of benzene rings is 1. The molecule has 2 saturated heterocycles. The van der Waals surface area contributed by atoms with Gasteiger partial charge in [-0.3, -0.25) is 9.69 Å². The predicted octanol–water partition coefficient (Wildman–Crippen LogP) is 4.24. The average Bonchev–Trinajstić information content (AvgIpc) is 2.74. The van der Waals surface area contributed by atoms with E-state index in [9.17, 15) is 4.79 Å². The van der Waals surface area contributed by atoms with E-state index in [-0.39, 0.29) is 5.91 Å². The minimum atomic E-state index is -0.611. The summed E-state index contributed by atoms with van der Waals surface area (Å²) in [6.45, 7) is 9.89. The van der Waals surface area contributed by atoms with Crippen LogP contribution in [0, 0.1) is 5.92 Å². The van der Waals surface area contributed by atoms with Crippen LogP contribution in [-0.4, -0.2) is 67.2 Å². The molecule has 2 aliphatic heterocycles. The summed E-state index contributed by atoms with van der Waals surface area (Å²) in [7, 11) is 0. The predicted molar refractivity (Wildman–Crippen MR) is 117 cm³/mol. The van der Waals surface area contributed by atoms with Gasteiger partial charge in [-0.15, -0.1) is 0 Å². The molecule has 0 spiro atoms.